The second-order valence-corrected chi connectivity index (χ2v) is 6.38. The summed E-state index contributed by atoms with van der Waals surface area (Å²) < 4.78 is 2.06. The Kier molecular flexibility index (Phi) is 4.37. The molecule has 25 heavy (non-hydrogen) atoms. The van der Waals surface area contributed by atoms with Gasteiger partial charge in [0, 0.05) is 44.8 Å². The zero-order valence-corrected chi connectivity index (χ0v) is 14.2. The van der Waals surface area contributed by atoms with E-state index < -0.39 is 0 Å². The van der Waals surface area contributed by atoms with Gasteiger partial charge in [-0.05, 0) is 24.3 Å². The highest BCUT2D eigenvalue weighted by atomic mass is 16.2. The van der Waals surface area contributed by atoms with Crippen LogP contribution in [0.2, 0.25) is 0 Å². The van der Waals surface area contributed by atoms with Gasteiger partial charge < -0.3 is 14.4 Å². The Morgan fingerprint density at radius 2 is 1.64 bits per heavy atom. The number of rotatable bonds is 4. The van der Waals surface area contributed by atoms with Gasteiger partial charge in [-0.2, -0.15) is 0 Å². The van der Waals surface area contributed by atoms with Crippen molar-refractivity contribution in [1.29, 1.82) is 0 Å². The Bertz CT molecular complexity index is 850. The lowest BCUT2D eigenvalue weighted by atomic mass is 10.2. The fourth-order valence-corrected chi connectivity index (χ4v) is 3.42. The first kappa shape index (κ1) is 15.7. The lowest BCUT2D eigenvalue weighted by Gasteiger charge is -2.36. The van der Waals surface area contributed by atoms with Crippen LogP contribution in [-0.2, 0) is 11.3 Å². The summed E-state index contributed by atoms with van der Waals surface area (Å²) >= 11 is 0. The van der Waals surface area contributed by atoms with Crippen LogP contribution in [0.25, 0.3) is 11.0 Å². The van der Waals surface area contributed by atoms with Crippen LogP contribution < -0.4 is 4.90 Å². The fraction of sp³-hybridized carbons (Fsp3) is 0.300. The molecular weight excluding hydrogens is 312 g/mol. The molecule has 3 aromatic rings. The van der Waals surface area contributed by atoms with Gasteiger partial charge in [-0.3, -0.25) is 4.79 Å². The van der Waals surface area contributed by atoms with Gasteiger partial charge in [-0.25, -0.2) is 4.98 Å². The molecule has 1 saturated heterocycles. The highest BCUT2D eigenvalue weighted by Gasteiger charge is 2.21. The van der Waals surface area contributed by atoms with E-state index in [9.17, 15) is 4.79 Å². The molecule has 2 heterocycles. The monoisotopic (exact) mass is 334 g/mol. The van der Waals surface area contributed by atoms with Crippen molar-refractivity contribution >= 4 is 22.6 Å². The van der Waals surface area contributed by atoms with Crippen LogP contribution in [-0.4, -0.2) is 46.5 Å². The van der Waals surface area contributed by atoms with Crippen LogP contribution in [0.4, 0.5) is 5.69 Å². The van der Waals surface area contributed by atoms with E-state index >= 15 is 0 Å². The Labute approximate surface area is 147 Å². The molecule has 1 aromatic heterocycles. The van der Waals surface area contributed by atoms with Gasteiger partial charge in [0.1, 0.15) is 0 Å². The van der Waals surface area contributed by atoms with Crippen molar-refractivity contribution in [2.45, 2.75) is 13.0 Å². The quantitative estimate of drug-likeness (QED) is 0.737. The van der Waals surface area contributed by atoms with E-state index in [4.69, 9.17) is 0 Å². The molecule has 0 aliphatic carbocycles. The van der Waals surface area contributed by atoms with E-state index in [2.05, 4.69) is 38.7 Å². The summed E-state index contributed by atoms with van der Waals surface area (Å²) in [5.41, 5.74) is 3.30. The first-order chi connectivity index (χ1) is 12.3. The maximum absolute atomic E-state index is 12.5. The van der Waals surface area contributed by atoms with Crippen molar-refractivity contribution in [3.63, 3.8) is 0 Å². The van der Waals surface area contributed by atoms with E-state index in [-0.39, 0.29) is 5.91 Å². The van der Waals surface area contributed by atoms with Crippen LogP contribution in [0.15, 0.2) is 60.9 Å². The highest BCUT2D eigenvalue weighted by Crippen LogP contribution is 2.16. The standard InChI is InChI=1S/C20H22N4O/c25-20(10-11-24-16-21-18-8-4-5-9-19(18)24)23-14-12-22(13-15-23)17-6-2-1-3-7-17/h1-9,16H,10-15H2. The molecule has 0 atom stereocenters. The summed E-state index contributed by atoms with van der Waals surface area (Å²) in [5, 5.41) is 0. The molecule has 1 aliphatic rings. The third-order valence-electron chi connectivity index (χ3n) is 4.85. The van der Waals surface area contributed by atoms with Gasteiger partial charge in [0.25, 0.3) is 0 Å². The average Bonchev–Trinajstić information content (AvgIpc) is 3.10. The Morgan fingerprint density at radius 3 is 2.44 bits per heavy atom. The van der Waals surface area contributed by atoms with Crippen LogP contribution in [0.1, 0.15) is 6.42 Å². The summed E-state index contributed by atoms with van der Waals surface area (Å²) in [6.45, 7) is 4.04. The number of anilines is 1. The normalized spacial score (nSPS) is 14.9. The molecule has 0 N–H and O–H groups in total. The number of hydrogen-bond donors (Lipinski definition) is 0. The minimum atomic E-state index is 0.227. The number of fused-ring (bicyclic) bond motifs is 1. The van der Waals surface area contributed by atoms with E-state index in [0.29, 0.717) is 13.0 Å². The van der Waals surface area contributed by atoms with E-state index in [1.54, 1.807) is 0 Å². The number of benzene rings is 2. The topological polar surface area (TPSA) is 41.4 Å². The Balaban J connectivity index is 1.32. The molecule has 5 nitrogen and oxygen atoms in total. The number of aromatic nitrogens is 2. The zero-order chi connectivity index (χ0) is 17.1. The molecule has 0 unspecified atom stereocenters. The number of carbonyl (C=O) groups excluding carboxylic acids is 1. The maximum atomic E-state index is 12.5. The third-order valence-corrected chi connectivity index (χ3v) is 4.85. The average molecular weight is 334 g/mol. The van der Waals surface area contributed by atoms with Crippen LogP contribution in [0.3, 0.4) is 0 Å². The van der Waals surface area contributed by atoms with Gasteiger partial charge in [-0.1, -0.05) is 30.3 Å². The SMILES string of the molecule is O=C(CCn1cnc2ccccc21)N1CCN(c2ccccc2)CC1. The lowest BCUT2D eigenvalue weighted by molar-refractivity contribution is -0.131. The summed E-state index contributed by atoms with van der Waals surface area (Å²) in [4.78, 5) is 21.3. The summed E-state index contributed by atoms with van der Waals surface area (Å²) in [7, 11) is 0. The molecular formula is C20H22N4O. The van der Waals surface area contributed by atoms with E-state index in [1.807, 2.05) is 41.6 Å². The lowest BCUT2D eigenvalue weighted by Crippen LogP contribution is -2.48. The van der Waals surface area contributed by atoms with Gasteiger partial charge in [0.05, 0.1) is 17.4 Å². The third kappa shape index (κ3) is 3.36. The van der Waals surface area contributed by atoms with Gasteiger partial charge in [-0.15, -0.1) is 0 Å². The predicted molar refractivity (Wildman–Crippen MR) is 99.6 cm³/mol. The number of hydrogen-bond acceptors (Lipinski definition) is 3. The van der Waals surface area contributed by atoms with Crippen molar-refractivity contribution in [3.8, 4) is 0 Å². The van der Waals surface area contributed by atoms with Gasteiger partial charge in [0.15, 0.2) is 0 Å². The minimum Gasteiger partial charge on any atom is -0.368 e. The van der Waals surface area contributed by atoms with Crippen molar-refractivity contribution in [3.05, 3.63) is 60.9 Å². The number of nitrogens with zero attached hydrogens (tertiary/aromatic N) is 4. The van der Waals surface area contributed by atoms with Crippen LogP contribution in [0.5, 0.6) is 0 Å². The van der Waals surface area contributed by atoms with Crippen molar-refractivity contribution in [2.24, 2.45) is 0 Å². The molecule has 2 aromatic carbocycles. The minimum absolute atomic E-state index is 0.227. The summed E-state index contributed by atoms with van der Waals surface area (Å²) in [6, 6.07) is 18.4. The largest absolute Gasteiger partial charge is 0.368 e. The van der Waals surface area contributed by atoms with Crippen LogP contribution in [0, 0.1) is 0 Å². The maximum Gasteiger partial charge on any atom is 0.224 e. The van der Waals surface area contributed by atoms with Crippen molar-refractivity contribution in [2.75, 3.05) is 31.1 Å². The van der Waals surface area contributed by atoms with Gasteiger partial charge in [0.2, 0.25) is 5.91 Å². The Hall–Kier alpha value is -2.82. The molecule has 1 fully saturated rings. The predicted octanol–water partition coefficient (Wildman–Crippen LogP) is 2.78. The molecule has 1 aliphatic heterocycles. The van der Waals surface area contributed by atoms with Crippen molar-refractivity contribution < 1.29 is 4.79 Å². The summed E-state index contributed by atoms with van der Waals surface area (Å²) in [5.74, 6) is 0.227. The smallest absolute Gasteiger partial charge is 0.224 e. The number of para-hydroxylation sites is 3. The second kappa shape index (κ2) is 6.97. The zero-order valence-electron chi connectivity index (χ0n) is 14.2. The first-order valence-electron chi connectivity index (χ1n) is 8.79. The molecule has 0 spiro atoms. The number of amides is 1. The second-order valence-electron chi connectivity index (χ2n) is 6.38. The number of imidazole rings is 1. The molecule has 0 bridgehead atoms. The molecule has 4 rings (SSSR count). The molecule has 0 radical (unpaired) electrons. The van der Waals surface area contributed by atoms with E-state index in [1.165, 1.54) is 5.69 Å². The van der Waals surface area contributed by atoms with E-state index in [0.717, 1.165) is 37.2 Å². The number of aryl methyl sites for hydroxylation is 1. The molecule has 0 saturated carbocycles. The number of piperazine rings is 1. The van der Waals surface area contributed by atoms with Gasteiger partial charge >= 0.3 is 0 Å². The van der Waals surface area contributed by atoms with Crippen LogP contribution >= 0.6 is 0 Å². The molecule has 1 amide bonds. The highest BCUT2D eigenvalue weighted by molar-refractivity contribution is 5.78. The Morgan fingerprint density at radius 1 is 0.920 bits per heavy atom. The summed E-state index contributed by atoms with van der Waals surface area (Å²) in [6.07, 6.45) is 2.34. The number of carbonyl (C=O) groups is 1. The fourth-order valence-electron chi connectivity index (χ4n) is 3.42. The first-order valence-corrected chi connectivity index (χ1v) is 8.79. The molecule has 128 valence electrons. The van der Waals surface area contributed by atoms with Crippen molar-refractivity contribution in [1.82, 2.24) is 14.5 Å². The molecule has 5 heteroatoms.